The topological polar surface area (TPSA) is 107 Å². The van der Waals surface area contributed by atoms with E-state index < -0.39 is 0 Å². The van der Waals surface area contributed by atoms with E-state index in [9.17, 15) is 0 Å². The van der Waals surface area contributed by atoms with Gasteiger partial charge >= 0.3 is 0 Å². The molecule has 3 N–H and O–H groups in total. The van der Waals surface area contributed by atoms with E-state index in [-0.39, 0.29) is 5.95 Å². The summed E-state index contributed by atoms with van der Waals surface area (Å²) in [5.74, 6) is 1.57. The summed E-state index contributed by atoms with van der Waals surface area (Å²) in [6.07, 6.45) is 2.54. The van der Waals surface area contributed by atoms with Crippen molar-refractivity contribution in [2.75, 3.05) is 11.1 Å². The molecule has 0 atom stereocenters. The van der Waals surface area contributed by atoms with Crippen LogP contribution in [0.15, 0.2) is 60.0 Å². The molecule has 2 heterocycles. The van der Waals surface area contributed by atoms with Crippen LogP contribution in [0.4, 0.5) is 17.6 Å². The van der Waals surface area contributed by atoms with Crippen molar-refractivity contribution in [1.29, 1.82) is 0 Å². The maximum Gasteiger partial charge on any atom is 0.232 e. The molecule has 0 aliphatic carbocycles. The molecule has 4 aromatic rings. The van der Waals surface area contributed by atoms with Gasteiger partial charge in [-0.15, -0.1) is 10.2 Å². The number of hydrogen-bond donors (Lipinski definition) is 2. The van der Waals surface area contributed by atoms with Gasteiger partial charge in [-0.25, -0.2) is 0 Å². The molecule has 0 saturated carbocycles. The number of para-hydroxylation sites is 1. The maximum absolute atomic E-state index is 6.10. The Morgan fingerprint density at radius 2 is 1.97 bits per heavy atom. The number of benzene rings is 2. The number of nitrogen functional groups attached to an aromatic ring is 1. The number of aryl methyl sites for hydroxylation is 1. The molecule has 10 heteroatoms. The molecule has 0 amide bonds. The first-order valence-corrected chi connectivity index (χ1v) is 10.6. The van der Waals surface area contributed by atoms with E-state index in [2.05, 4.69) is 43.5 Å². The van der Waals surface area contributed by atoms with E-state index in [1.54, 1.807) is 6.33 Å². The Hall–Kier alpha value is -3.17. The zero-order valence-corrected chi connectivity index (χ0v) is 17.7. The number of hydrogen-bond acceptors (Lipinski definition) is 8. The number of aromatic nitrogens is 6. The predicted molar refractivity (Wildman–Crippen MR) is 119 cm³/mol. The fourth-order valence-corrected chi connectivity index (χ4v) is 3.85. The zero-order valence-electron chi connectivity index (χ0n) is 16.2. The highest BCUT2D eigenvalue weighted by molar-refractivity contribution is 7.98. The molecular weight excluding hydrogens is 420 g/mol. The lowest BCUT2D eigenvalue weighted by Crippen LogP contribution is -2.07. The molecule has 0 unspecified atom stereocenters. The Bertz CT molecular complexity index is 1160. The van der Waals surface area contributed by atoms with Crippen LogP contribution < -0.4 is 11.1 Å². The van der Waals surface area contributed by atoms with Crippen LogP contribution in [0.2, 0.25) is 5.02 Å². The van der Waals surface area contributed by atoms with Gasteiger partial charge in [-0.2, -0.15) is 15.0 Å². The van der Waals surface area contributed by atoms with Gasteiger partial charge in [-0.3, -0.25) is 4.57 Å². The van der Waals surface area contributed by atoms with Gasteiger partial charge in [0, 0.05) is 10.7 Å². The van der Waals surface area contributed by atoms with Crippen LogP contribution in [0.25, 0.3) is 5.69 Å². The normalized spacial score (nSPS) is 10.9. The van der Waals surface area contributed by atoms with Gasteiger partial charge in [-0.1, -0.05) is 54.6 Å². The number of nitrogens with two attached hydrogens (primary N) is 1. The molecular formula is C20H19ClN8S. The molecule has 152 valence electrons. The highest BCUT2D eigenvalue weighted by Crippen LogP contribution is 2.25. The minimum atomic E-state index is 0.161. The molecule has 0 aliphatic heterocycles. The Morgan fingerprint density at radius 1 is 1.10 bits per heavy atom. The quantitative estimate of drug-likeness (QED) is 0.411. The number of halogens is 1. The van der Waals surface area contributed by atoms with Gasteiger partial charge in [0.2, 0.25) is 11.9 Å². The van der Waals surface area contributed by atoms with E-state index in [1.165, 1.54) is 17.3 Å². The second kappa shape index (κ2) is 9.10. The lowest BCUT2D eigenvalue weighted by Gasteiger charge is -2.11. The number of anilines is 3. The summed E-state index contributed by atoms with van der Waals surface area (Å²) in [5.41, 5.74) is 8.91. The van der Waals surface area contributed by atoms with Crippen molar-refractivity contribution in [3.05, 3.63) is 71.3 Å². The molecule has 0 saturated heterocycles. The van der Waals surface area contributed by atoms with E-state index in [0.29, 0.717) is 27.7 Å². The van der Waals surface area contributed by atoms with E-state index in [4.69, 9.17) is 17.3 Å². The number of nitrogens with zero attached hydrogens (tertiary/aromatic N) is 6. The second-order valence-corrected chi connectivity index (χ2v) is 7.70. The fourth-order valence-electron chi connectivity index (χ4n) is 2.88. The first-order chi connectivity index (χ1) is 14.6. The van der Waals surface area contributed by atoms with Gasteiger partial charge in [0.05, 0.1) is 11.4 Å². The van der Waals surface area contributed by atoms with Crippen molar-refractivity contribution in [3.63, 3.8) is 0 Å². The third-order valence-electron chi connectivity index (χ3n) is 4.28. The first-order valence-electron chi connectivity index (χ1n) is 9.26. The summed E-state index contributed by atoms with van der Waals surface area (Å²) in [6, 6.07) is 15.5. The molecule has 0 radical (unpaired) electrons. The summed E-state index contributed by atoms with van der Waals surface area (Å²) in [7, 11) is 0. The minimum absolute atomic E-state index is 0.161. The Labute approximate surface area is 182 Å². The standard InChI is InChI=1S/C20H19ClN8S/c1-2-13-6-3-4-9-16(13)24-19-26-17(25-18(22)27-19)11-30-20-28-23-12-29(20)15-8-5-7-14(21)10-15/h3-10,12H,2,11H2,1H3,(H3,22,24,25,26,27). The van der Waals surface area contributed by atoms with Gasteiger partial charge in [0.15, 0.2) is 5.16 Å². The van der Waals surface area contributed by atoms with Crippen LogP contribution in [0, 0.1) is 0 Å². The molecule has 0 aliphatic rings. The van der Waals surface area contributed by atoms with Crippen LogP contribution in [0.3, 0.4) is 0 Å². The number of nitrogens with one attached hydrogen (secondary N) is 1. The lowest BCUT2D eigenvalue weighted by atomic mass is 10.1. The predicted octanol–water partition coefficient (Wildman–Crippen LogP) is 4.29. The maximum atomic E-state index is 6.10. The summed E-state index contributed by atoms with van der Waals surface area (Å²) < 4.78 is 1.86. The van der Waals surface area contributed by atoms with Crippen molar-refractivity contribution in [1.82, 2.24) is 29.7 Å². The molecule has 2 aromatic heterocycles. The molecule has 0 spiro atoms. The third-order valence-corrected chi connectivity index (χ3v) is 5.45. The van der Waals surface area contributed by atoms with Crippen molar-refractivity contribution in [3.8, 4) is 5.69 Å². The highest BCUT2D eigenvalue weighted by Gasteiger charge is 2.11. The van der Waals surface area contributed by atoms with Crippen LogP contribution in [0.1, 0.15) is 18.3 Å². The smallest absolute Gasteiger partial charge is 0.232 e. The average Bonchev–Trinajstić information content (AvgIpc) is 3.21. The van der Waals surface area contributed by atoms with Crippen LogP contribution in [-0.4, -0.2) is 29.7 Å². The first kappa shape index (κ1) is 20.1. The summed E-state index contributed by atoms with van der Waals surface area (Å²) in [5, 5.41) is 12.8. The summed E-state index contributed by atoms with van der Waals surface area (Å²) >= 11 is 7.55. The highest BCUT2D eigenvalue weighted by atomic mass is 35.5. The second-order valence-electron chi connectivity index (χ2n) is 6.32. The van der Waals surface area contributed by atoms with E-state index in [0.717, 1.165) is 17.8 Å². The van der Waals surface area contributed by atoms with Crippen LogP contribution in [0.5, 0.6) is 0 Å². The Balaban J connectivity index is 1.52. The molecule has 30 heavy (non-hydrogen) atoms. The largest absolute Gasteiger partial charge is 0.368 e. The zero-order chi connectivity index (χ0) is 20.9. The number of thioether (sulfide) groups is 1. The van der Waals surface area contributed by atoms with Gasteiger partial charge in [0.1, 0.15) is 12.2 Å². The van der Waals surface area contributed by atoms with Crippen LogP contribution >= 0.6 is 23.4 Å². The molecule has 0 bridgehead atoms. The Morgan fingerprint density at radius 3 is 2.80 bits per heavy atom. The number of rotatable bonds is 7. The molecule has 8 nitrogen and oxygen atoms in total. The third kappa shape index (κ3) is 4.69. The van der Waals surface area contributed by atoms with Crippen molar-refractivity contribution in [2.45, 2.75) is 24.3 Å². The van der Waals surface area contributed by atoms with Gasteiger partial charge in [0.25, 0.3) is 0 Å². The summed E-state index contributed by atoms with van der Waals surface area (Å²) in [6.45, 7) is 2.10. The van der Waals surface area contributed by atoms with Crippen molar-refractivity contribution in [2.24, 2.45) is 0 Å². The van der Waals surface area contributed by atoms with E-state index in [1.807, 2.05) is 47.0 Å². The van der Waals surface area contributed by atoms with Gasteiger partial charge < -0.3 is 11.1 Å². The van der Waals surface area contributed by atoms with Gasteiger partial charge in [-0.05, 0) is 36.2 Å². The lowest BCUT2D eigenvalue weighted by molar-refractivity contribution is 0.880. The average molecular weight is 439 g/mol. The van der Waals surface area contributed by atoms with Crippen molar-refractivity contribution < 1.29 is 0 Å². The SMILES string of the molecule is CCc1ccccc1Nc1nc(N)nc(CSc2nncn2-c2cccc(Cl)c2)n1. The van der Waals surface area contributed by atoms with Crippen LogP contribution in [-0.2, 0) is 12.2 Å². The monoisotopic (exact) mass is 438 g/mol. The minimum Gasteiger partial charge on any atom is -0.368 e. The van der Waals surface area contributed by atoms with E-state index >= 15 is 0 Å². The van der Waals surface area contributed by atoms with Crippen molar-refractivity contribution >= 4 is 40.9 Å². The molecule has 0 fully saturated rings. The Kier molecular flexibility index (Phi) is 6.10. The molecule has 2 aromatic carbocycles. The summed E-state index contributed by atoms with van der Waals surface area (Å²) in [4.78, 5) is 13.0. The fraction of sp³-hybridized carbons (Fsp3) is 0.150. The molecule has 4 rings (SSSR count).